The van der Waals surface area contributed by atoms with E-state index in [1.807, 2.05) is 29.1 Å². The van der Waals surface area contributed by atoms with E-state index >= 15 is 0 Å². The van der Waals surface area contributed by atoms with Crippen LogP contribution in [0.25, 0.3) is 0 Å². The third-order valence-corrected chi connectivity index (χ3v) is 3.61. The number of anilines is 1. The Bertz CT molecular complexity index is 524. The second-order valence-corrected chi connectivity index (χ2v) is 5.80. The molecule has 0 radical (unpaired) electrons. The second kappa shape index (κ2) is 5.82. The molecular formula is C13H17N3OS. The molecule has 96 valence electrons. The number of nitrogens with zero attached hydrogens (tertiary/aromatic N) is 2. The predicted molar refractivity (Wildman–Crippen MR) is 74.8 cm³/mol. The zero-order valence-electron chi connectivity index (χ0n) is 10.3. The zero-order valence-corrected chi connectivity index (χ0v) is 11.1. The van der Waals surface area contributed by atoms with Gasteiger partial charge in [0, 0.05) is 29.0 Å². The molecular weight excluding hydrogens is 246 g/mol. The van der Waals surface area contributed by atoms with E-state index in [9.17, 15) is 4.21 Å². The average molecular weight is 263 g/mol. The first-order valence-corrected chi connectivity index (χ1v) is 7.54. The maximum Gasteiger partial charge on any atom is 0.0778 e. The fourth-order valence-corrected chi connectivity index (χ4v) is 2.48. The Kier molecular flexibility index (Phi) is 4.15. The third kappa shape index (κ3) is 3.20. The van der Waals surface area contributed by atoms with E-state index < -0.39 is 10.8 Å². The molecule has 1 aromatic carbocycles. The molecule has 5 heteroatoms. The van der Waals surface area contributed by atoms with Gasteiger partial charge in [-0.25, -0.2) is 0 Å². The number of rotatable bonds is 5. The minimum Gasteiger partial charge on any atom is -0.396 e. The van der Waals surface area contributed by atoms with Crippen molar-refractivity contribution < 1.29 is 4.21 Å². The van der Waals surface area contributed by atoms with E-state index in [2.05, 4.69) is 17.2 Å². The minimum absolute atomic E-state index is 0.0902. The Morgan fingerprint density at radius 2 is 2.11 bits per heavy atom. The van der Waals surface area contributed by atoms with E-state index in [4.69, 9.17) is 5.73 Å². The van der Waals surface area contributed by atoms with Gasteiger partial charge in [-0.05, 0) is 12.0 Å². The van der Waals surface area contributed by atoms with Crippen LogP contribution in [0.15, 0.2) is 42.7 Å². The molecule has 2 rings (SSSR count). The van der Waals surface area contributed by atoms with Crippen LogP contribution in [-0.2, 0) is 10.8 Å². The molecule has 2 N–H and O–H groups in total. The Labute approximate surface area is 109 Å². The first kappa shape index (κ1) is 12.8. The highest BCUT2D eigenvalue weighted by Gasteiger charge is 2.14. The molecule has 18 heavy (non-hydrogen) atoms. The van der Waals surface area contributed by atoms with E-state index in [-0.39, 0.29) is 6.04 Å². The van der Waals surface area contributed by atoms with Gasteiger partial charge in [0.15, 0.2) is 0 Å². The third-order valence-electron chi connectivity index (χ3n) is 2.80. The molecule has 0 saturated heterocycles. The van der Waals surface area contributed by atoms with Gasteiger partial charge in [-0.2, -0.15) is 5.10 Å². The van der Waals surface area contributed by atoms with Crippen molar-refractivity contribution in [2.45, 2.75) is 12.5 Å². The monoisotopic (exact) mass is 263 g/mol. The summed E-state index contributed by atoms with van der Waals surface area (Å²) in [7, 11) is -0.799. The Morgan fingerprint density at radius 1 is 1.39 bits per heavy atom. The van der Waals surface area contributed by atoms with Crippen molar-refractivity contribution in [1.82, 2.24) is 9.78 Å². The van der Waals surface area contributed by atoms with Gasteiger partial charge >= 0.3 is 0 Å². The van der Waals surface area contributed by atoms with Gasteiger partial charge in [-0.3, -0.25) is 8.89 Å². The lowest BCUT2D eigenvalue weighted by molar-refractivity contribution is 0.510. The van der Waals surface area contributed by atoms with Crippen LogP contribution < -0.4 is 5.73 Å². The Hall–Kier alpha value is -1.62. The summed E-state index contributed by atoms with van der Waals surface area (Å²) >= 11 is 0. The zero-order chi connectivity index (χ0) is 13.0. The van der Waals surface area contributed by atoms with Crippen LogP contribution in [0.3, 0.4) is 0 Å². The maximum atomic E-state index is 11.3. The average Bonchev–Trinajstić information content (AvgIpc) is 2.77. The second-order valence-electron chi connectivity index (χ2n) is 4.25. The summed E-state index contributed by atoms with van der Waals surface area (Å²) in [5.41, 5.74) is 7.51. The molecule has 2 atom stereocenters. The minimum atomic E-state index is -0.799. The molecule has 0 bridgehead atoms. The van der Waals surface area contributed by atoms with Crippen molar-refractivity contribution in [3.8, 4) is 0 Å². The molecule has 0 fully saturated rings. The lowest BCUT2D eigenvalue weighted by atomic mass is 10.1. The van der Waals surface area contributed by atoms with Crippen LogP contribution in [0.2, 0.25) is 0 Å². The van der Waals surface area contributed by atoms with Crippen LogP contribution in [0.5, 0.6) is 0 Å². The van der Waals surface area contributed by atoms with Crippen molar-refractivity contribution >= 4 is 16.5 Å². The summed E-state index contributed by atoms with van der Waals surface area (Å²) < 4.78 is 13.1. The molecule has 0 aliphatic carbocycles. The summed E-state index contributed by atoms with van der Waals surface area (Å²) in [6.45, 7) is 0. The van der Waals surface area contributed by atoms with E-state index in [1.165, 1.54) is 0 Å². The molecule has 2 aromatic rings. The fraction of sp³-hybridized carbons (Fsp3) is 0.308. The SMILES string of the molecule is CS(=O)CCC(c1ccccc1)n1cc(N)cn1. The Morgan fingerprint density at radius 3 is 2.67 bits per heavy atom. The standard InChI is InChI=1S/C13H17N3OS/c1-18(17)8-7-13(11-5-3-2-4-6-11)16-10-12(14)9-15-16/h2-6,9-10,13H,7-8,14H2,1H3. The van der Waals surface area contributed by atoms with Gasteiger partial charge in [0.25, 0.3) is 0 Å². The summed E-state index contributed by atoms with van der Waals surface area (Å²) in [4.78, 5) is 0. The summed E-state index contributed by atoms with van der Waals surface area (Å²) in [5, 5.41) is 4.26. The highest BCUT2D eigenvalue weighted by molar-refractivity contribution is 7.84. The van der Waals surface area contributed by atoms with Crippen LogP contribution >= 0.6 is 0 Å². The van der Waals surface area contributed by atoms with E-state index in [0.717, 1.165) is 12.0 Å². The quantitative estimate of drug-likeness (QED) is 0.895. The molecule has 0 aliphatic heterocycles. The maximum absolute atomic E-state index is 11.3. The fourth-order valence-electron chi connectivity index (χ4n) is 1.93. The molecule has 0 saturated carbocycles. The number of hydrogen-bond donors (Lipinski definition) is 1. The smallest absolute Gasteiger partial charge is 0.0778 e. The molecule has 2 unspecified atom stereocenters. The van der Waals surface area contributed by atoms with Crippen molar-refractivity contribution in [3.05, 3.63) is 48.3 Å². The van der Waals surface area contributed by atoms with Gasteiger partial charge in [0.2, 0.25) is 0 Å². The van der Waals surface area contributed by atoms with Crippen LogP contribution in [0, 0.1) is 0 Å². The Balaban J connectivity index is 2.26. The molecule has 0 amide bonds. The van der Waals surface area contributed by atoms with Crippen molar-refractivity contribution in [3.63, 3.8) is 0 Å². The van der Waals surface area contributed by atoms with Crippen LogP contribution in [0.4, 0.5) is 5.69 Å². The van der Waals surface area contributed by atoms with E-state index in [1.54, 1.807) is 12.5 Å². The van der Waals surface area contributed by atoms with Gasteiger partial charge in [0.05, 0.1) is 17.9 Å². The molecule has 1 aromatic heterocycles. The number of aromatic nitrogens is 2. The van der Waals surface area contributed by atoms with Gasteiger partial charge < -0.3 is 5.73 Å². The largest absolute Gasteiger partial charge is 0.396 e. The normalized spacial score (nSPS) is 14.3. The number of nitrogen functional groups attached to an aromatic ring is 1. The first-order chi connectivity index (χ1) is 8.66. The number of nitrogens with two attached hydrogens (primary N) is 1. The summed E-state index contributed by atoms with van der Waals surface area (Å²) in [5.74, 6) is 0.652. The van der Waals surface area contributed by atoms with Crippen LogP contribution in [0.1, 0.15) is 18.0 Å². The topological polar surface area (TPSA) is 60.9 Å². The lowest BCUT2D eigenvalue weighted by Gasteiger charge is -2.17. The summed E-state index contributed by atoms with van der Waals surface area (Å²) in [6.07, 6.45) is 5.96. The first-order valence-electron chi connectivity index (χ1n) is 5.81. The number of hydrogen-bond acceptors (Lipinski definition) is 3. The molecule has 0 aliphatic rings. The van der Waals surface area contributed by atoms with Gasteiger partial charge in [0.1, 0.15) is 0 Å². The molecule has 1 heterocycles. The molecule has 4 nitrogen and oxygen atoms in total. The highest BCUT2D eigenvalue weighted by Crippen LogP contribution is 2.22. The van der Waals surface area contributed by atoms with Gasteiger partial charge in [-0.15, -0.1) is 0 Å². The summed E-state index contributed by atoms with van der Waals surface area (Å²) in [6, 6.07) is 10.2. The van der Waals surface area contributed by atoms with Crippen molar-refractivity contribution in [2.75, 3.05) is 17.7 Å². The molecule has 0 spiro atoms. The van der Waals surface area contributed by atoms with E-state index in [0.29, 0.717) is 11.4 Å². The highest BCUT2D eigenvalue weighted by atomic mass is 32.2. The lowest BCUT2D eigenvalue weighted by Crippen LogP contribution is -2.14. The van der Waals surface area contributed by atoms with Crippen LogP contribution in [-0.4, -0.2) is 26.0 Å². The number of benzene rings is 1. The predicted octanol–water partition coefficient (Wildman–Crippen LogP) is 1.82. The van der Waals surface area contributed by atoms with Crippen molar-refractivity contribution in [1.29, 1.82) is 0 Å². The van der Waals surface area contributed by atoms with Gasteiger partial charge in [-0.1, -0.05) is 30.3 Å². The van der Waals surface area contributed by atoms with Crippen molar-refractivity contribution in [2.24, 2.45) is 0 Å².